The first-order valence-corrected chi connectivity index (χ1v) is 7.88. The largest absolute Gasteiger partial charge is 0.481 e. The van der Waals surface area contributed by atoms with Crippen LogP contribution in [0.2, 0.25) is 5.02 Å². The first-order valence-electron chi connectivity index (χ1n) is 7.51. The number of carbonyl (C=O) groups is 2. The SMILES string of the molecule is O=C(O)CCN(C(=O)Cc1c(F)cccc1Cl)C1CCOCC1. The highest BCUT2D eigenvalue weighted by atomic mass is 35.5. The van der Waals surface area contributed by atoms with Gasteiger partial charge in [0.05, 0.1) is 12.8 Å². The maximum absolute atomic E-state index is 13.9. The van der Waals surface area contributed by atoms with Gasteiger partial charge in [-0.15, -0.1) is 0 Å². The van der Waals surface area contributed by atoms with Gasteiger partial charge in [0.2, 0.25) is 5.91 Å². The van der Waals surface area contributed by atoms with E-state index in [1.165, 1.54) is 23.1 Å². The number of rotatable bonds is 6. The van der Waals surface area contributed by atoms with E-state index in [1.807, 2.05) is 0 Å². The number of nitrogens with zero attached hydrogens (tertiary/aromatic N) is 1. The van der Waals surface area contributed by atoms with Crippen LogP contribution in [0.15, 0.2) is 18.2 Å². The van der Waals surface area contributed by atoms with E-state index in [0.717, 1.165) is 0 Å². The van der Waals surface area contributed by atoms with Crippen LogP contribution in [-0.4, -0.2) is 47.7 Å². The lowest BCUT2D eigenvalue weighted by atomic mass is 10.0. The zero-order valence-corrected chi connectivity index (χ0v) is 13.4. The number of aliphatic carboxylic acids is 1. The molecule has 1 N–H and O–H groups in total. The van der Waals surface area contributed by atoms with Crippen LogP contribution in [0.5, 0.6) is 0 Å². The molecule has 126 valence electrons. The lowest BCUT2D eigenvalue weighted by Gasteiger charge is -2.34. The molecule has 0 saturated carbocycles. The number of halogens is 2. The van der Waals surface area contributed by atoms with Gasteiger partial charge in [-0.25, -0.2) is 4.39 Å². The molecule has 1 saturated heterocycles. The second-order valence-electron chi connectivity index (χ2n) is 5.45. The molecular formula is C16H19ClFNO4. The Morgan fingerprint density at radius 1 is 1.35 bits per heavy atom. The number of carboxylic acid groups (broad SMARTS) is 1. The monoisotopic (exact) mass is 343 g/mol. The Balaban J connectivity index is 2.13. The highest BCUT2D eigenvalue weighted by Crippen LogP contribution is 2.22. The lowest BCUT2D eigenvalue weighted by molar-refractivity contribution is -0.140. The Hall–Kier alpha value is -1.66. The normalized spacial score (nSPS) is 15.4. The Morgan fingerprint density at radius 2 is 2.04 bits per heavy atom. The summed E-state index contributed by atoms with van der Waals surface area (Å²) in [5.41, 5.74) is 0.145. The molecule has 0 bridgehead atoms. The first-order chi connectivity index (χ1) is 11.0. The van der Waals surface area contributed by atoms with Crippen molar-refractivity contribution in [2.24, 2.45) is 0 Å². The lowest BCUT2D eigenvalue weighted by Crippen LogP contribution is -2.45. The molecule has 1 aromatic carbocycles. The second-order valence-corrected chi connectivity index (χ2v) is 5.86. The van der Waals surface area contributed by atoms with Gasteiger partial charge in [-0.1, -0.05) is 17.7 Å². The standard InChI is InChI=1S/C16H19ClFNO4/c17-13-2-1-3-14(18)12(13)10-15(20)19(7-4-16(21)22)11-5-8-23-9-6-11/h1-3,11H,4-10H2,(H,21,22). The first kappa shape index (κ1) is 17.7. The molecule has 1 fully saturated rings. The maximum atomic E-state index is 13.9. The third kappa shape index (κ3) is 4.91. The molecule has 7 heteroatoms. The van der Waals surface area contributed by atoms with E-state index in [9.17, 15) is 14.0 Å². The summed E-state index contributed by atoms with van der Waals surface area (Å²) in [5.74, 6) is -1.82. The van der Waals surface area contributed by atoms with Crippen LogP contribution in [0, 0.1) is 5.82 Å². The molecular weight excluding hydrogens is 325 g/mol. The van der Waals surface area contributed by atoms with Crippen LogP contribution in [-0.2, 0) is 20.7 Å². The predicted molar refractivity (Wildman–Crippen MR) is 82.9 cm³/mol. The van der Waals surface area contributed by atoms with E-state index in [2.05, 4.69) is 0 Å². The number of ether oxygens (including phenoxy) is 1. The number of hydrogen-bond donors (Lipinski definition) is 1. The van der Waals surface area contributed by atoms with Crippen LogP contribution >= 0.6 is 11.6 Å². The fraction of sp³-hybridized carbons (Fsp3) is 0.500. The molecule has 0 atom stereocenters. The van der Waals surface area contributed by atoms with E-state index >= 15 is 0 Å². The van der Waals surface area contributed by atoms with Crippen molar-refractivity contribution in [3.8, 4) is 0 Å². The van der Waals surface area contributed by atoms with Gasteiger partial charge in [-0.05, 0) is 25.0 Å². The quantitative estimate of drug-likeness (QED) is 0.861. The van der Waals surface area contributed by atoms with Crippen LogP contribution in [0.1, 0.15) is 24.8 Å². The minimum Gasteiger partial charge on any atom is -0.481 e. The number of carbonyl (C=O) groups excluding carboxylic acids is 1. The molecule has 0 radical (unpaired) electrons. The number of carboxylic acids is 1. The molecule has 1 heterocycles. The summed E-state index contributed by atoms with van der Waals surface area (Å²) < 4.78 is 19.1. The second kappa shape index (κ2) is 8.26. The van der Waals surface area contributed by atoms with Crippen molar-refractivity contribution >= 4 is 23.5 Å². The van der Waals surface area contributed by atoms with Crippen LogP contribution in [0.3, 0.4) is 0 Å². The molecule has 1 aliphatic rings. The van der Waals surface area contributed by atoms with Gasteiger partial charge < -0.3 is 14.7 Å². The van der Waals surface area contributed by atoms with E-state index in [-0.39, 0.29) is 41.9 Å². The van der Waals surface area contributed by atoms with Crippen molar-refractivity contribution in [2.75, 3.05) is 19.8 Å². The molecule has 0 spiro atoms. The molecule has 0 aliphatic carbocycles. The average molecular weight is 344 g/mol. The van der Waals surface area contributed by atoms with Gasteiger partial charge in [-0.3, -0.25) is 9.59 Å². The van der Waals surface area contributed by atoms with Crippen molar-refractivity contribution < 1.29 is 23.8 Å². The Labute approximate surface area is 139 Å². The summed E-state index contributed by atoms with van der Waals surface area (Å²) in [4.78, 5) is 25.0. The van der Waals surface area contributed by atoms with Gasteiger partial charge in [0.15, 0.2) is 0 Å². The highest BCUT2D eigenvalue weighted by molar-refractivity contribution is 6.31. The van der Waals surface area contributed by atoms with Crippen molar-refractivity contribution in [3.05, 3.63) is 34.6 Å². The molecule has 5 nitrogen and oxygen atoms in total. The summed E-state index contributed by atoms with van der Waals surface area (Å²) >= 11 is 5.97. The summed E-state index contributed by atoms with van der Waals surface area (Å²) in [6.07, 6.45) is 0.976. The molecule has 2 rings (SSSR count). The van der Waals surface area contributed by atoms with Gasteiger partial charge in [-0.2, -0.15) is 0 Å². The number of amides is 1. The van der Waals surface area contributed by atoms with Crippen LogP contribution in [0.25, 0.3) is 0 Å². The van der Waals surface area contributed by atoms with Gasteiger partial charge in [0.25, 0.3) is 0 Å². The highest BCUT2D eigenvalue weighted by Gasteiger charge is 2.27. The molecule has 0 unspecified atom stereocenters. The van der Waals surface area contributed by atoms with E-state index in [1.54, 1.807) is 0 Å². The van der Waals surface area contributed by atoms with Crippen molar-refractivity contribution in [1.82, 2.24) is 4.90 Å². The Morgan fingerprint density at radius 3 is 2.65 bits per heavy atom. The average Bonchev–Trinajstić information content (AvgIpc) is 2.52. The molecule has 1 aliphatic heterocycles. The van der Waals surface area contributed by atoms with Gasteiger partial charge >= 0.3 is 5.97 Å². The Bertz CT molecular complexity index is 555. The van der Waals surface area contributed by atoms with E-state index in [4.69, 9.17) is 21.4 Å². The molecule has 1 aromatic rings. The van der Waals surface area contributed by atoms with E-state index < -0.39 is 11.8 Å². The maximum Gasteiger partial charge on any atom is 0.305 e. The van der Waals surface area contributed by atoms with Gasteiger partial charge in [0, 0.05) is 36.4 Å². The fourth-order valence-electron chi connectivity index (χ4n) is 2.68. The van der Waals surface area contributed by atoms with E-state index in [0.29, 0.717) is 26.1 Å². The zero-order valence-electron chi connectivity index (χ0n) is 12.6. The summed E-state index contributed by atoms with van der Waals surface area (Å²) in [7, 11) is 0. The third-order valence-electron chi connectivity index (χ3n) is 3.91. The summed E-state index contributed by atoms with van der Waals surface area (Å²) in [6.45, 7) is 1.16. The summed E-state index contributed by atoms with van der Waals surface area (Å²) in [5, 5.41) is 9.07. The fourth-order valence-corrected chi connectivity index (χ4v) is 2.91. The van der Waals surface area contributed by atoms with Crippen LogP contribution < -0.4 is 0 Å². The molecule has 0 aromatic heterocycles. The number of benzene rings is 1. The zero-order chi connectivity index (χ0) is 16.8. The van der Waals surface area contributed by atoms with Gasteiger partial charge in [0.1, 0.15) is 5.82 Å². The molecule has 1 amide bonds. The predicted octanol–water partition coefficient (Wildman–Crippen LogP) is 2.50. The van der Waals surface area contributed by atoms with Crippen LogP contribution in [0.4, 0.5) is 4.39 Å². The number of hydrogen-bond acceptors (Lipinski definition) is 3. The van der Waals surface area contributed by atoms with Crippen molar-refractivity contribution in [3.63, 3.8) is 0 Å². The minimum absolute atomic E-state index is 0.0823. The van der Waals surface area contributed by atoms with Crippen molar-refractivity contribution in [2.45, 2.75) is 31.7 Å². The Kier molecular flexibility index (Phi) is 6.36. The topological polar surface area (TPSA) is 66.8 Å². The summed E-state index contributed by atoms with van der Waals surface area (Å²) in [6, 6.07) is 4.18. The smallest absolute Gasteiger partial charge is 0.305 e. The minimum atomic E-state index is -0.973. The van der Waals surface area contributed by atoms with Crippen molar-refractivity contribution in [1.29, 1.82) is 0 Å². The third-order valence-corrected chi connectivity index (χ3v) is 4.26. The molecule has 23 heavy (non-hydrogen) atoms.